The number of pyridine rings is 2. The minimum Gasteiger partial charge on any atom is -0.396 e. The lowest BCUT2D eigenvalue weighted by Gasteiger charge is -2.30. The molecule has 1 saturated carbocycles. The van der Waals surface area contributed by atoms with E-state index in [2.05, 4.69) is 15.2 Å². The predicted molar refractivity (Wildman–Crippen MR) is 122 cm³/mol. The summed E-state index contributed by atoms with van der Waals surface area (Å²) in [5.41, 5.74) is 2.43. The monoisotopic (exact) mass is 434 g/mol. The van der Waals surface area contributed by atoms with Crippen LogP contribution in [0.5, 0.6) is 0 Å². The summed E-state index contributed by atoms with van der Waals surface area (Å²) in [6, 6.07) is 9.08. The van der Waals surface area contributed by atoms with Crippen LogP contribution in [0.3, 0.4) is 0 Å². The fourth-order valence-electron chi connectivity index (χ4n) is 5.46. The van der Waals surface area contributed by atoms with Gasteiger partial charge < -0.3 is 15.0 Å². The van der Waals surface area contributed by atoms with Gasteiger partial charge in [0.25, 0.3) is 5.56 Å². The highest BCUT2D eigenvalue weighted by atomic mass is 16.3. The summed E-state index contributed by atoms with van der Waals surface area (Å²) < 4.78 is 1.83. The van der Waals surface area contributed by atoms with Gasteiger partial charge in [-0.15, -0.1) is 0 Å². The maximum atomic E-state index is 13.3. The lowest BCUT2D eigenvalue weighted by molar-refractivity contribution is -0.128. The summed E-state index contributed by atoms with van der Waals surface area (Å²) in [5.74, 6) is 0.308. The Morgan fingerprint density at radius 1 is 1.28 bits per heavy atom. The predicted octanol–water partition coefficient (Wildman–Crippen LogP) is 1.97. The Labute approximate surface area is 187 Å². The molecule has 0 unspecified atom stereocenters. The molecule has 32 heavy (non-hydrogen) atoms. The fraction of sp³-hybridized carbons (Fsp3) is 0.480. The second kappa shape index (κ2) is 8.64. The van der Waals surface area contributed by atoms with E-state index in [9.17, 15) is 14.7 Å². The van der Waals surface area contributed by atoms with Crippen LogP contribution in [0.4, 0.5) is 0 Å². The molecule has 2 aromatic rings. The summed E-state index contributed by atoms with van der Waals surface area (Å²) in [5, 5.41) is 13.5. The Hall–Kier alpha value is -2.77. The van der Waals surface area contributed by atoms with Gasteiger partial charge in [-0.25, -0.2) is 0 Å². The quantitative estimate of drug-likeness (QED) is 0.696. The van der Waals surface area contributed by atoms with Crippen molar-refractivity contribution in [2.24, 2.45) is 17.8 Å². The molecule has 1 saturated heterocycles. The molecule has 2 fully saturated rings. The van der Waals surface area contributed by atoms with Crippen LogP contribution in [0.25, 0.3) is 6.08 Å². The zero-order valence-electron chi connectivity index (χ0n) is 18.4. The van der Waals surface area contributed by atoms with Crippen LogP contribution in [0.1, 0.15) is 42.8 Å². The van der Waals surface area contributed by atoms with E-state index >= 15 is 0 Å². The Kier molecular flexibility index (Phi) is 5.69. The smallest absolute Gasteiger partial charge is 0.258 e. The Balaban J connectivity index is 1.53. The number of hydrogen-bond acceptors (Lipinski definition) is 5. The topological polar surface area (TPSA) is 87.5 Å². The van der Waals surface area contributed by atoms with Crippen LogP contribution in [0.2, 0.25) is 0 Å². The summed E-state index contributed by atoms with van der Waals surface area (Å²) in [6.45, 7) is 3.51. The molecular weight excluding hydrogens is 404 g/mol. The zero-order valence-corrected chi connectivity index (χ0v) is 18.4. The molecule has 2 aromatic heterocycles. The van der Waals surface area contributed by atoms with Gasteiger partial charge in [0.2, 0.25) is 5.91 Å². The minimum absolute atomic E-state index is 0.00561. The van der Waals surface area contributed by atoms with Crippen LogP contribution in [-0.4, -0.2) is 44.7 Å². The van der Waals surface area contributed by atoms with E-state index < -0.39 is 6.04 Å². The first-order chi connectivity index (χ1) is 15.6. The summed E-state index contributed by atoms with van der Waals surface area (Å²) >= 11 is 0. The first kappa shape index (κ1) is 21.1. The van der Waals surface area contributed by atoms with Gasteiger partial charge >= 0.3 is 0 Å². The Morgan fingerprint density at radius 3 is 2.81 bits per heavy atom. The molecule has 4 heterocycles. The SMILES string of the molecule is C/C=C/c1ccc2n(c1=O)C[C@@H]1[C@@H](CO)[C@H](C(=O)NCC3CC3)N(Cc3ccccn3)[C@H]21. The summed E-state index contributed by atoms with van der Waals surface area (Å²) in [7, 11) is 0. The number of carbonyl (C=O) groups is 1. The van der Waals surface area contributed by atoms with Crippen molar-refractivity contribution in [2.45, 2.75) is 44.9 Å². The Bertz CT molecular complexity index is 1080. The van der Waals surface area contributed by atoms with Gasteiger partial charge in [0, 0.05) is 55.5 Å². The lowest BCUT2D eigenvalue weighted by Crippen LogP contribution is -2.48. The number of amides is 1. The molecular formula is C25H30N4O3. The molecule has 7 heteroatoms. The van der Waals surface area contributed by atoms with E-state index in [1.165, 1.54) is 12.8 Å². The molecule has 1 amide bonds. The van der Waals surface area contributed by atoms with E-state index in [0.717, 1.165) is 11.4 Å². The first-order valence-corrected chi connectivity index (χ1v) is 11.5. The number of aromatic nitrogens is 2. The number of fused-ring (bicyclic) bond motifs is 3. The molecule has 5 rings (SSSR count). The van der Waals surface area contributed by atoms with Crippen molar-refractivity contribution in [3.63, 3.8) is 0 Å². The molecule has 2 N–H and O–H groups in total. The highest BCUT2D eigenvalue weighted by molar-refractivity contribution is 5.82. The third kappa shape index (κ3) is 3.69. The summed E-state index contributed by atoms with van der Waals surface area (Å²) in [6.07, 6.45) is 7.78. The van der Waals surface area contributed by atoms with Crippen LogP contribution in [-0.2, 0) is 17.9 Å². The van der Waals surface area contributed by atoms with Gasteiger partial charge in [0.15, 0.2) is 0 Å². The van der Waals surface area contributed by atoms with Crippen molar-refractivity contribution in [1.82, 2.24) is 19.8 Å². The molecule has 0 radical (unpaired) electrons. The van der Waals surface area contributed by atoms with Crippen LogP contribution < -0.4 is 10.9 Å². The van der Waals surface area contributed by atoms with Crippen LogP contribution in [0.15, 0.2) is 47.4 Å². The van der Waals surface area contributed by atoms with Gasteiger partial charge in [-0.05, 0) is 49.9 Å². The molecule has 0 aromatic carbocycles. The number of nitrogens with zero attached hydrogens (tertiary/aromatic N) is 3. The minimum atomic E-state index is -0.449. The van der Waals surface area contributed by atoms with E-state index in [1.54, 1.807) is 6.20 Å². The van der Waals surface area contributed by atoms with Crippen molar-refractivity contribution < 1.29 is 9.90 Å². The van der Waals surface area contributed by atoms with E-state index in [-0.39, 0.29) is 36.0 Å². The highest BCUT2D eigenvalue weighted by Gasteiger charge is 2.55. The van der Waals surface area contributed by atoms with Crippen molar-refractivity contribution in [3.05, 3.63) is 69.9 Å². The van der Waals surface area contributed by atoms with Crippen molar-refractivity contribution in [3.8, 4) is 0 Å². The lowest BCUT2D eigenvalue weighted by atomic mass is 9.88. The standard InChI is InChI=1S/C25H30N4O3/c1-2-5-17-9-10-21-22-19(14-28(21)25(17)32)20(15-30)23(24(31)27-12-16-7-8-16)29(22)13-18-6-3-4-11-26-18/h2-6,9-11,16,19-20,22-23,30H,7-8,12-15H2,1H3,(H,27,31)/b5-2+/t19-,20-,22+,23-/m1/s1. The normalized spacial score (nSPS) is 26.9. The second-order valence-corrected chi connectivity index (χ2v) is 9.21. The maximum Gasteiger partial charge on any atom is 0.258 e. The summed E-state index contributed by atoms with van der Waals surface area (Å²) in [4.78, 5) is 33.1. The number of nitrogens with one attached hydrogen (secondary N) is 1. The number of aliphatic hydroxyl groups is 1. The zero-order chi connectivity index (χ0) is 22.2. The number of hydrogen-bond donors (Lipinski definition) is 2. The number of rotatable bonds is 7. The number of carbonyl (C=O) groups excluding carboxylic acids is 1. The number of allylic oxidation sites excluding steroid dienone is 1. The van der Waals surface area contributed by atoms with Gasteiger partial charge in [-0.2, -0.15) is 0 Å². The highest BCUT2D eigenvalue weighted by Crippen LogP contribution is 2.49. The van der Waals surface area contributed by atoms with Gasteiger partial charge in [-0.3, -0.25) is 19.5 Å². The van der Waals surface area contributed by atoms with Crippen molar-refractivity contribution >= 4 is 12.0 Å². The van der Waals surface area contributed by atoms with Crippen LogP contribution >= 0.6 is 0 Å². The van der Waals surface area contributed by atoms with E-state index in [4.69, 9.17) is 0 Å². The number of aliphatic hydroxyl groups excluding tert-OH is 1. The van der Waals surface area contributed by atoms with E-state index in [1.807, 2.05) is 54.0 Å². The average molecular weight is 435 g/mol. The maximum absolute atomic E-state index is 13.3. The van der Waals surface area contributed by atoms with Crippen LogP contribution in [0, 0.1) is 17.8 Å². The van der Waals surface area contributed by atoms with Gasteiger partial charge in [0.1, 0.15) is 0 Å². The molecule has 0 spiro atoms. The molecule has 1 aliphatic carbocycles. The number of likely N-dealkylation sites (tertiary alicyclic amines) is 1. The van der Waals surface area contributed by atoms with E-state index in [0.29, 0.717) is 31.1 Å². The third-order valence-corrected chi connectivity index (χ3v) is 7.17. The third-order valence-electron chi connectivity index (χ3n) is 7.17. The molecule has 0 bridgehead atoms. The van der Waals surface area contributed by atoms with Gasteiger partial charge in [-0.1, -0.05) is 18.2 Å². The molecule has 2 aliphatic heterocycles. The Morgan fingerprint density at radius 2 is 2.12 bits per heavy atom. The second-order valence-electron chi connectivity index (χ2n) is 9.21. The molecule has 4 atom stereocenters. The van der Waals surface area contributed by atoms with Gasteiger partial charge in [0.05, 0.1) is 17.8 Å². The molecule has 7 nitrogen and oxygen atoms in total. The van der Waals surface area contributed by atoms with Crippen molar-refractivity contribution in [1.29, 1.82) is 0 Å². The molecule has 168 valence electrons. The van der Waals surface area contributed by atoms with Crippen molar-refractivity contribution in [2.75, 3.05) is 13.2 Å². The first-order valence-electron chi connectivity index (χ1n) is 11.5. The largest absolute Gasteiger partial charge is 0.396 e. The fourth-order valence-corrected chi connectivity index (χ4v) is 5.46. The average Bonchev–Trinajstić information content (AvgIpc) is 3.48. The molecule has 3 aliphatic rings.